The molecule has 0 aliphatic carbocycles. The van der Waals surface area contributed by atoms with E-state index in [4.69, 9.17) is 0 Å². The van der Waals surface area contributed by atoms with Gasteiger partial charge in [0.1, 0.15) is 5.82 Å². The Morgan fingerprint density at radius 1 is 1.53 bits per heavy atom. The summed E-state index contributed by atoms with van der Waals surface area (Å²) in [4.78, 5) is 4.44. The molecule has 0 saturated carbocycles. The van der Waals surface area contributed by atoms with Crippen molar-refractivity contribution in [1.29, 1.82) is 0 Å². The predicted octanol–water partition coefficient (Wildman–Crippen LogP) is 1.92. The van der Waals surface area contributed by atoms with Crippen LogP contribution in [0.1, 0.15) is 13.8 Å². The third kappa shape index (κ3) is 2.58. The summed E-state index contributed by atoms with van der Waals surface area (Å²) < 4.78 is 2.55. The molecule has 2 N–H and O–H groups in total. The molecule has 1 atom stereocenters. The molecule has 2 heterocycles. The van der Waals surface area contributed by atoms with Crippen LogP contribution in [-0.4, -0.2) is 32.4 Å². The van der Waals surface area contributed by atoms with Crippen LogP contribution in [0.15, 0.2) is 22.9 Å². The van der Waals surface area contributed by atoms with Gasteiger partial charge in [0.05, 0.1) is 23.3 Å². The van der Waals surface area contributed by atoms with Crippen molar-refractivity contribution in [1.82, 2.24) is 14.6 Å². The van der Waals surface area contributed by atoms with Gasteiger partial charge in [0, 0.05) is 6.20 Å². The predicted molar refractivity (Wildman–Crippen MR) is 70.0 cm³/mol. The van der Waals surface area contributed by atoms with Crippen molar-refractivity contribution in [3.8, 4) is 0 Å². The first-order valence-electron chi connectivity index (χ1n) is 5.49. The Hall–Kier alpha value is -1.14. The monoisotopic (exact) mass is 298 g/mol. The summed E-state index contributed by atoms with van der Waals surface area (Å²) in [5.74, 6) is 1.08. The van der Waals surface area contributed by atoms with Gasteiger partial charge in [-0.15, -0.1) is 0 Å². The molecular weight excluding hydrogens is 284 g/mol. The SMILES string of the molecule is CC(C)[C@@H](CO)Nc1ccn2ncc(Br)c2n1. The van der Waals surface area contributed by atoms with Gasteiger partial charge < -0.3 is 10.4 Å². The number of fused-ring (bicyclic) bond motifs is 1. The molecule has 2 aromatic rings. The molecule has 0 bridgehead atoms. The lowest BCUT2D eigenvalue weighted by Gasteiger charge is -2.20. The third-order valence-electron chi connectivity index (χ3n) is 2.66. The molecule has 0 fully saturated rings. The molecule has 5 nitrogen and oxygen atoms in total. The minimum absolute atomic E-state index is 0.00615. The van der Waals surface area contributed by atoms with Gasteiger partial charge in [-0.3, -0.25) is 0 Å². The number of aliphatic hydroxyl groups excluding tert-OH is 1. The van der Waals surface area contributed by atoms with Gasteiger partial charge in [-0.25, -0.2) is 9.50 Å². The zero-order chi connectivity index (χ0) is 12.4. The van der Waals surface area contributed by atoms with Gasteiger partial charge in [0.25, 0.3) is 0 Å². The fourth-order valence-electron chi connectivity index (χ4n) is 1.53. The maximum atomic E-state index is 9.27. The highest BCUT2D eigenvalue weighted by Gasteiger charge is 2.13. The van der Waals surface area contributed by atoms with E-state index in [1.54, 1.807) is 10.7 Å². The minimum Gasteiger partial charge on any atom is -0.394 e. The molecule has 0 saturated heterocycles. The minimum atomic E-state index is 0.00615. The number of hydrogen-bond donors (Lipinski definition) is 2. The number of nitrogens with zero attached hydrogens (tertiary/aromatic N) is 3. The number of anilines is 1. The Morgan fingerprint density at radius 3 is 2.94 bits per heavy atom. The van der Waals surface area contributed by atoms with E-state index in [0.717, 1.165) is 15.9 Å². The molecular formula is C11H15BrN4O. The highest BCUT2D eigenvalue weighted by molar-refractivity contribution is 9.10. The molecule has 0 aliphatic heterocycles. The summed E-state index contributed by atoms with van der Waals surface area (Å²) in [5, 5.41) is 16.6. The molecule has 6 heteroatoms. The molecule has 17 heavy (non-hydrogen) atoms. The molecule has 0 unspecified atom stereocenters. The van der Waals surface area contributed by atoms with Crippen LogP contribution in [0.5, 0.6) is 0 Å². The van der Waals surface area contributed by atoms with E-state index in [0.29, 0.717) is 5.92 Å². The lowest BCUT2D eigenvalue weighted by molar-refractivity contribution is 0.249. The standard InChI is InChI=1S/C11H15BrN4O/c1-7(2)9(6-17)14-10-3-4-16-11(15-10)8(12)5-13-16/h3-5,7,9,17H,6H2,1-2H3,(H,14,15)/t9-/m1/s1. The van der Waals surface area contributed by atoms with Crippen LogP contribution in [-0.2, 0) is 0 Å². The number of nitrogens with one attached hydrogen (secondary N) is 1. The second kappa shape index (κ2) is 5.01. The quantitative estimate of drug-likeness (QED) is 0.905. The summed E-state index contributed by atoms with van der Waals surface area (Å²) in [6.07, 6.45) is 3.54. The molecule has 2 rings (SSSR count). The van der Waals surface area contributed by atoms with Crippen molar-refractivity contribution in [3.63, 3.8) is 0 Å². The van der Waals surface area contributed by atoms with E-state index in [-0.39, 0.29) is 12.6 Å². The number of hydrogen-bond acceptors (Lipinski definition) is 4. The number of rotatable bonds is 4. The fourth-order valence-corrected chi connectivity index (χ4v) is 1.90. The average molecular weight is 299 g/mol. The molecule has 0 aliphatic rings. The second-order valence-electron chi connectivity index (χ2n) is 4.25. The van der Waals surface area contributed by atoms with E-state index >= 15 is 0 Å². The van der Waals surface area contributed by atoms with Crippen molar-refractivity contribution >= 4 is 27.4 Å². The van der Waals surface area contributed by atoms with E-state index in [2.05, 4.69) is 45.2 Å². The third-order valence-corrected chi connectivity index (χ3v) is 3.22. The Bertz CT molecular complexity index is 511. The normalized spacial score (nSPS) is 13.2. The summed E-state index contributed by atoms with van der Waals surface area (Å²) in [6, 6.07) is 1.85. The van der Waals surface area contributed by atoms with Crippen LogP contribution < -0.4 is 5.32 Å². The summed E-state index contributed by atoms with van der Waals surface area (Å²) in [6.45, 7) is 4.20. The molecule has 92 valence electrons. The molecule has 0 radical (unpaired) electrons. The van der Waals surface area contributed by atoms with Crippen molar-refractivity contribution < 1.29 is 5.11 Å². The van der Waals surface area contributed by atoms with Crippen molar-refractivity contribution in [2.45, 2.75) is 19.9 Å². The maximum absolute atomic E-state index is 9.27. The van der Waals surface area contributed by atoms with Gasteiger partial charge in [0.15, 0.2) is 5.65 Å². The van der Waals surface area contributed by atoms with Crippen molar-refractivity contribution in [3.05, 3.63) is 22.9 Å². The van der Waals surface area contributed by atoms with E-state index in [9.17, 15) is 5.11 Å². The Balaban J connectivity index is 2.26. The van der Waals surface area contributed by atoms with Gasteiger partial charge in [-0.1, -0.05) is 13.8 Å². The zero-order valence-electron chi connectivity index (χ0n) is 9.76. The smallest absolute Gasteiger partial charge is 0.171 e. The van der Waals surface area contributed by atoms with Crippen LogP contribution >= 0.6 is 15.9 Å². The first-order valence-corrected chi connectivity index (χ1v) is 6.28. The first-order chi connectivity index (χ1) is 8.11. The summed E-state index contributed by atoms with van der Waals surface area (Å²) in [5.41, 5.74) is 0.760. The molecule has 0 amide bonds. The molecule has 0 spiro atoms. The number of aromatic nitrogens is 3. The van der Waals surface area contributed by atoms with E-state index < -0.39 is 0 Å². The highest BCUT2D eigenvalue weighted by Crippen LogP contribution is 2.18. The summed E-state index contributed by atoms with van der Waals surface area (Å²) in [7, 11) is 0. The zero-order valence-corrected chi connectivity index (χ0v) is 11.3. The number of halogens is 1. The van der Waals surface area contributed by atoms with Gasteiger partial charge in [-0.05, 0) is 27.9 Å². The first kappa shape index (κ1) is 12.3. The number of aliphatic hydroxyl groups is 1. The lowest BCUT2D eigenvalue weighted by Crippen LogP contribution is -2.29. The van der Waals surface area contributed by atoms with Gasteiger partial charge in [0.2, 0.25) is 0 Å². The van der Waals surface area contributed by atoms with Crippen molar-refractivity contribution in [2.75, 3.05) is 11.9 Å². The van der Waals surface area contributed by atoms with Crippen molar-refractivity contribution in [2.24, 2.45) is 5.92 Å². The topological polar surface area (TPSA) is 62.5 Å². The van der Waals surface area contributed by atoms with Crippen LogP contribution in [0.4, 0.5) is 5.82 Å². The van der Waals surface area contributed by atoms with E-state index in [1.165, 1.54) is 0 Å². The Morgan fingerprint density at radius 2 is 2.29 bits per heavy atom. The fraction of sp³-hybridized carbons (Fsp3) is 0.455. The highest BCUT2D eigenvalue weighted by atomic mass is 79.9. The van der Waals surface area contributed by atoms with Crippen LogP contribution in [0.3, 0.4) is 0 Å². The average Bonchev–Trinajstić information content (AvgIpc) is 2.67. The maximum Gasteiger partial charge on any atom is 0.171 e. The van der Waals surface area contributed by atoms with Gasteiger partial charge >= 0.3 is 0 Å². The van der Waals surface area contributed by atoms with Gasteiger partial charge in [-0.2, -0.15) is 5.10 Å². The molecule has 2 aromatic heterocycles. The van der Waals surface area contributed by atoms with Crippen LogP contribution in [0, 0.1) is 5.92 Å². The second-order valence-corrected chi connectivity index (χ2v) is 5.11. The lowest BCUT2D eigenvalue weighted by atomic mass is 10.1. The largest absolute Gasteiger partial charge is 0.394 e. The van der Waals surface area contributed by atoms with E-state index in [1.807, 2.05) is 12.3 Å². The van der Waals surface area contributed by atoms with Crippen LogP contribution in [0.2, 0.25) is 0 Å². The summed E-state index contributed by atoms with van der Waals surface area (Å²) >= 11 is 3.39. The Kier molecular flexibility index (Phi) is 3.63. The Labute approximate surface area is 108 Å². The van der Waals surface area contributed by atoms with Crippen LogP contribution in [0.25, 0.3) is 5.65 Å². The molecule has 0 aromatic carbocycles.